The molecule has 1 N–H and O–H groups in total. The lowest BCUT2D eigenvalue weighted by Gasteiger charge is -2.13. The summed E-state index contributed by atoms with van der Waals surface area (Å²) < 4.78 is 0. The van der Waals surface area contributed by atoms with Crippen molar-refractivity contribution in [1.82, 2.24) is 4.98 Å². The molecular weight excluding hydrogens is 459 g/mol. The molecule has 3 rings (SSSR count). The lowest BCUT2D eigenvalue weighted by Crippen LogP contribution is -1.94. The summed E-state index contributed by atoms with van der Waals surface area (Å²) in [6, 6.07) is 8.47. The molecule has 8 heteroatoms. The van der Waals surface area contributed by atoms with E-state index in [9.17, 15) is 5.11 Å². The Kier molecular flexibility index (Phi) is 6.25. The second-order valence-corrected chi connectivity index (χ2v) is 7.79. The van der Waals surface area contributed by atoms with Crippen molar-refractivity contribution < 1.29 is 5.11 Å². The molecule has 134 valence electrons. The van der Waals surface area contributed by atoms with Gasteiger partial charge in [-0.3, -0.25) is 4.98 Å². The van der Waals surface area contributed by atoms with Crippen LogP contribution in [-0.2, 0) is 6.61 Å². The molecule has 1 aromatic heterocycles. The Morgan fingerprint density at radius 1 is 0.692 bits per heavy atom. The fourth-order valence-electron chi connectivity index (χ4n) is 2.45. The second kappa shape index (κ2) is 8.12. The Hall–Kier alpha value is -0.710. The Balaban J connectivity index is 2.28. The summed E-state index contributed by atoms with van der Waals surface area (Å²) >= 11 is 36.7. The average molecular weight is 468 g/mol. The highest BCUT2D eigenvalue weighted by molar-refractivity contribution is 6.49. The van der Waals surface area contributed by atoms with Crippen LogP contribution in [0.4, 0.5) is 0 Å². The third kappa shape index (κ3) is 3.93. The number of aromatic nitrogens is 1. The molecule has 0 aliphatic carbocycles. The highest BCUT2D eigenvalue weighted by Crippen LogP contribution is 2.41. The van der Waals surface area contributed by atoms with Gasteiger partial charge in [0, 0.05) is 17.3 Å². The van der Waals surface area contributed by atoms with Crippen LogP contribution in [0.3, 0.4) is 0 Å². The molecule has 0 unspecified atom stereocenters. The van der Waals surface area contributed by atoms with Gasteiger partial charge in [-0.15, -0.1) is 0 Å². The van der Waals surface area contributed by atoms with Crippen LogP contribution in [-0.4, -0.2) is 10.1 Å². The largest absolute Gasteiger partial charge is 0.392 e. The van der Waals surface area contributed by atoms with Crippen LogP contribution in [0.5, 0.6) is 0 Å². The predicted octanol–water partition coefficient (Wildman–Crippen LogP) is 7.83. The molecule has 0 radical (unpaired) electrons. The molecule has 2 aromatic carbocycles. The number of nitrogens with zero attached hydrogens (tertiary/aromatic N) is 1. The zero-order valence-corrected chi connectivity index (χ0v) is 17.4. The number of rotatable bonds is 3. The minimum Gasteiger partial charge on any atom is -0.392 e. The lowest BCUT2D eigenvalue weighted by atomic mass is 9.98. The molecule has 26 heavy (non-hydrogen) atoms. The van der Waals surface area contributed by atoms with Gasteiger partial charge in [0.05, 0.1) is 42.4 Å². The van der Waals surface area contributed by atoms with Crippen LogP contribution in [0.25, 0.3) is 22.4 Å². The van der Waals surface area contributed by atoms with Crippen molar-refractivity contribution in [2.75, 3.05) is 0 Å². The van der Waals surface area contributed by atoms with Gasteiger partial charge in [-0.05, 0) is 41.5 Å². The van der Waals surface area contributed by atoms with Gasteiger partial charge in [-0.25, -0.2) is 0 Å². The van der Waals surface area contributed by atoms with Gasteiger partial charge in [-0.1, -0.05) is 69.6 Å². The van der Waals surface area contributed by atoms with Crippen molar-refractivity contribution >= 4 is 69.6 Å². The van der Waals surface area contributed by atoms with Gasteiger partial charge in [0.25, 0.3) is 0 Å². The third-order valence-corrected chi connectivity index (χ3v) is 6.07. The average Bonchev–Trinajstić information content (AvgIpc) is 2.62. The van der Waals surface area contributed by atoms with Gasteiger partial charge < -0.3 is 5.11 Å². The van der Waals surface area contributed by atoms with Crippen molar-refractivity contribution in [2.24, 2.45) is 0 Å². The maximum absolute atomic E-state index is 9.48. The van der Waals surface area contributed by atoms with E-state index in [0.29, 0.717) is 48.0 Å². The Morgan fingerprint density at radius 2 is 1.15 bits per heavy atom. The molecular formula is C18H9Cl6NO. The highest BCUT2D eigenvalue weighted by Gasteiger charge is 2.16. The molecule has 0 aliphatic rings. The van der Waals surface area contributed by atoms with E-state index in [1.165, 1.54) is 0 Å². The first-order valence-corrected chi connectivity index (χ1v) is 9.48. The Morgan fingerprint density at radius 3 is 1.62 bits per heavy atom. The molecule has 0 spiro atoms. The van der Waals surface area contributed by atoms with Gasteiger partial charge in [0.2, 0.25) is 0 Å². The summed E-state index contributed by atoms with van der Waals surface area (Å²) in [5.41, 5.74) is 3.23. The first-order valence-electron chi connectivity index (χ1n) is 7.21. The molecule has 0 fully saturated rings. The summed E-state index contributed by atoms with van der Waals surface area (Å²) in [7, 11) is 0. The van der Waals surface area contributed by atoms with Crippen molar-refractivity contribution in [2.45, 2.75) is 6.61 Å². The number of benzene rings is 2. The molecule has 1 heterocycles. The van der Waals surface area contributed by atoms with Gasteiger partial charge in [-0.2, -0.15) is 0 Å². The Bertz CT molecular complexity index is 959. The number of hydrogen-bond acceptors (Lipinski definition) is 2. The number of halogens is 6. The molecule has 3 aromatic rings. The van der Waals surface area contributed by atoms with E-state index in [-0.39, 0.29) is 16.7 Å². The van der Waals surface area contributed by atoms with Crippen molar-refractivity contribution in [3.63, 3.8) is 0 Å². The normalized spacial score (nSPS) is 11.0. The van der Waals surface area contributed by atoms with E-state index in [0.717, 1.165) is 0 Å². The molecule has 2 nitrogen and oxygen atoms in total. The lowest BCUT2D eigenvalue weighted by molar-refractivity contribution is 0.281. The number of hydrogen-bond donors (Lipinski definition) is 1. The van der Waals surface area contributed by atoms with Crippen LogP contribution in [0.2, 0.25) is 30.1 Å². The van der Waals surface area contributed by atoms with Crippen LogP contribution in [0.15, 0.2) is 36.5 Å². The smallest absolute Gasteiger partial charge is 0.0781 e. The molecule has 0 amide bonds. The maximum atomic E-state index is 9.48. The molecule has 0 atom stereocenters. The van der Waals surface area contributed by atoms with E-state index < -0.39 is 0 Å². The SMILES string of the molecule is OCc1cnc(-c2cc(Cl)c(Cl)c(Cl)c2)c(-c2cc(Cl)c(Cl)c(Cl)c2)c1. The summed E-state index contributed by atoms with van der Waals surface area (Å²) in [6.07, 6.45) is 1.56. The van der Waals surface area contributed by atoms with Crippen molar-refractivity contribution in [1.29, 1.82) is 0 Å². The monoisotopic (exact) mass is 465 g/mol. The Labute approximate surface area is 180 Å². The molecule has 0 aliphatic heterocycles. The maximum Gasteiger partial charge on any atom is 0.0781 e. The third-order valence-electron chi connectivity index (χ3n) is 3.68. The number of pyridine rings is 1. The summed E-state index contributed by atoms with van der Waals surface area (Å²) in [4.78, 5) is 4.45. The van der Waals surface area contributed by atoms with Gasteiger partial charge >= 0.3 is 0 Å². The summed E-state index contributed by atoms with van der Waals surface area (Å²) in [5, 5.41) is 11.2. The second-order valence-electron chi connectivity index (χ2n) is 5.41. The van der Waals surface area contributed by atoms with Crippen LogP contribution >= 0.6 is 69.6 Å². The quantitative estimate of drug-likeness (QED) is 0.398. The summed E-state index contributed by atoms with van der Waals surface area (Å²) in [6.45, 7) is -0.169. The van der Waals surface area contributed by atoms with Gasteiger partial charge in [0.1, 0.15) is 0 Å². The van der Waals surface area contributed by atoms with Crippen LogP contribution in [0, 0.1) is 0 Å². The van der Waals surface area contributed by atoms with E-state index in [1.54, 1.807) is 36.5 Å². The minimum atomic E-state index is -0.169. The molecule has 0 bridgehead atoms. The van der Waals surface area contributed by atoms with Gasteiger partial charge in [0.15, 0.2) is 0 Å². The van der Waals surface area contributed by atoms with E-state index in [1.807, 2.05) is 0 Å². The standard InChI is InChI=1S/C18H9Cl6NO/c19-12-2-9(3-13(20)16(12)23)11-1-8(7-26)6-25-18(11)10-4-14(21)17(24)15(22)5-10/h1-6,26H,7H2. The van der Waals surface area contributed by atoms with E-state index in [4.69, 9.17) is 69.6 Å². The fourth-order valence-corrected chi connectivity index (χ4v) is 3.64. The predicted molar refractivity (Wildman–Crippen MR) is 111 cm³/mol. The zero-order valence-electron chi connectivity index (χ0n) is 12.8. The van der Waals surface area contributed by atoms with E-state index in [2.05, 4.69) is 4.98 Å². The topological polar surface area (TPSA) is 33.1 Å². The van der Waals surface area contributed by atoms with Crippen LogP contribution in [0.1, 0.15) is 5.56 Å². The first kappa shape index (κ1) is 20.0. The van der Waals surface area contributed by atoms with E-state index >= 15 is 0 Å². The molecule has 0 saturated heterocycles. The number of aliphatic hydroxyl groups excluding tert-OH is 1. The van der Waals surface area contributed by atoms with Crippen molar-refractivity contribution in [3.05, 3.63) is 72.2 Å². The van der Waals surface area contributed by atoms with Crippen LogP contribution < -0.4 is 0 Å². The fraction of sp³-hybridized carbons (Fsp3) is 0.0556. The zero-order chi connectivity index (χ0) is 19.0. The first-order chi connectivity index (χ1) is 12.3. The van der Waals surface area contributed by atoms with Crippen molar-refractivity contribution in [3.8, 4) is 22.4 Å². The highest BCUT2D eigenvalue weighted by atomic mass is 35.5. The molecule has 0 saturated carbocycles. The summed E-state index contributed by atoms with van der Waals surface area (Å²) in [5.74, 6) is 0. The minimum absolute atomic E-state index is 0.169. The number of aliphatic hydroxyl groups is 1.